The molecular formula is C29H50O2. The second-order valence-corrected chi connectivity index (χ2v) is 9.89. The van der Waals surface area contributed by atoms with E-state index in [9.17, 15) is 0 Å². The van der Waals surface area contributed by atoms with E-state index in [2.05, 4.69) is 31.2 Å². The molecule has 1 fully saturated rings. The van der Waals surface area contributed by atoms with Gasteiger partial charge in [0.2, 0.25) is 0 Å². The van der Waals surface area contributed by atoms with Crippen molar-refractivity contribution in [3.05, 3.63) is 29.8 Å². The number of unbranched alkanes of at least 4 members (excludes halogenated alkanes) is 11. The van der Waals surface area contributed by atoms with Crippen LogP contribution < -0.4 is 4.74 Å². The highest BCUT2D eigenvalue weighted by molar-refractivity contribution is 5.29. The van der Waals surface area contributed by atoms with Gasteiger partial charge in [-0.2, -0.15) is 0 Å². The molecule has 0 aliphatic heterocycles. The number of hydrogen-bond donors (Lipinski definition) is 1. The van der Waals surface area contributed by atoms with Crippen LogP contribution >= 0.6 is 0 Å². The summed E-state index contributed by atoms with van der Waals surface area (Å²) in [6.45, 7) is 3.48. The zero-order valence-corrected chi connectivity index (χ0v) is 20.5. The van der Waals surface area contributed by atoms with E-state index in [0.717, 1.165) is 37.0 Å². The topological polar surface area (TPSA) is 29.5 Å². The molecule has 2 rings (SSSR count). The van der Waals surface area contributed by atoms with Crippen LogP contribution in [0.3, 0.4) is 0 Å². The van der Waals surface area contributed by atoms with E-state index in [0.29, 0.717) is 6.61 Å². The molecule has 0 radical (unpaired) electrons. The minimum Gasteiger partial charge on any atom is -0.494 e. The van der Waals surface area contributed by atoms with E-state index in [-0.39, 0.29) is 0 Å². The summed E-state index contributed by atoms with van der Waals surface area (Å²) in [5.41, 5.74) is 1.52. The Bertz CT molecular complexity index is 516. The minimum atomic E-state index is 0.346. The lowest BCUT2D eigenvalue weighted by Crippen LogP contribution is -2.13. The Morgan fingerprint density at radius 2 is 1.29 bits per heavy atom. The van der Waals surface area contributed by atoms with Gasteiger partial charge in [0.1, 0.15) is 5.75 Å². The Balaban J connectivity index is 1.51. The van der Waals surface area contributed by atoms with Crippen molar-refractivity contribution in [1.29, 1.82) is 0 Å². The van der Waals surface area contributed by atoms with Gasteiger partial charge in [-0.15, -0.1) is 0 Å². The van der Waals surface area contributed by atoms with Gasteiger partial charge in [0.05, 0.1) is 6.61 Å². The van der Waals surface area contributed by atoms with E-state index in [1.165, 1.54) is 108 Å². The Labute approximate surface area is 193 Å². The molecule has 0 unspecified atom stereocenters. The fraction of sp³-hybridized carbons (Fsp3) is 0.793. The van der Waals surface area contributed by atoms with Gasteiger partial charge in [0, 0.05) is 6.61 Å². The molecule has 31 heavy (non-hydrogen) atoms. The molecule has 0 atom stereocenters. The second-order valence-electron chi connectivity index (χ2n) is 9.89. The number of aliphatic hydroxyl groups excluding tert-OH is 1. The molecule has 1 N–H and O–H groups in total. The fourth-order valence-corrected chi connectivity index (χ4v) is 5.12. The van der Waals surface area contributed by atoms with Gasteiger partial charge in [0.15, 0.2) is 0 Å². The summed E-state index contributed by atoms with van der Waals surface area (Å²) in [5.74, 6) is 2.79. The summed E-state index contributed by atoms with van der Waals surface area (Å²) in [4.78, 5) is 0. The molecule has 0 saturated heterocycles. The van der Waals surface area contributed by atoms with E-state index >= 15 is 0 Å². The first-order valence-corrected chi connectivity index (χ1v) is 13.7. The first kappa shape index (κ1) is 26.2. The van der Waals surface area contributed by atoms with Gasteiger partial charge in [-0.1, -0.05) is 96.1 Å². The van der Waals surface area contributed by atoms with Gasteiger partial charge < -0.3 is 9.84 Å². The van der Waals surface area contributed by atoms with Crippen LogP contribution in [0, 0.1) is 5.92 Å². The van der Waals surface area contributed by atoms with Crippen LogP contribution in [-0.2, 0) is 0 Å². The Morgan fingerprint density at radius 1 is 0.710 bits per heavy atom. The average Bonchev–Trinajstić information content (AvgIpc) is 2.81. The Morgan fingerprint density at radius 3 is 1.94 bits per heavy atom. The lowest BCUT2D eigenvalue weighted by atomic mass is 9.77. The molecule has 2 heteroatoms. The molecule has 2 nitrogen and oxygen atoms in total. The van der Waals surface area contributed by atoms with Crippen molar-refractivity contribution in [3.8, 4) is 5.75 Å². The highest BCUT2D eigenvalue weighted by Crippen LogP contribution is 2.38. The molecule has 0 heterocycles. The highest BCUT2D eigenvalue weighted by atomic mass is 16.5. The second kappa shape index (κ2) is 17.5. The zero-order chi connectivity index (χ0) is 22.0. The maximum atomic E-state index is 8.78. The largest absolute Gasteiger partial charge is 0.494 e. The molecule has 1 saturated carbocycles. The van der Waals surface area contributed by atoms with Crippen LogP contribution in [0.25, 0.3) is 0 Å². The van der Waals surface area contributed by atoms with Gasteiger partial charge in [-0.25, -0.2) is 0 Å². The molecule has 0 aromatic heterocycles. The predicted octanol–water partition coefficient (Wildman–Crippen LogP) is 8.81. The average molecular weight is 431 g/mol. The quantitative estimate of drug-likeness (QED) is 0.236. The lowest BCUT2D eigenvalue weighted by Gasteiger charge is -2.29. The molecule has 178 valence electrons. The van der Waals surface area contributed by atoms with Crippen LogP contribution in [0.5, 0.6) is 5.75 Å². The molecule has 1 aromatic carbocycles. The molecule has 0 amide bonds. The number of hydrogen-bond acceptors (Lipinski definition) is 2. The molecule has 0 bridgehead atoms. The van der Waals surface area contributed by atoms with E-state index in [1.54, 1.807) is 0 Å². The van der Waals surface area contributed by atoms with Crippen LogP contribution in [0.4, 0.5) is 0 Å². The fourth-order valence-electron chi connectivity index (χ4n) is 5.12. The van der Waals surface area contributed by atoms with Crippen molar-refractivity contribution >= 4 is 0 Å². The molecule has 1 aromatic rings. The normalized spacial score (nSPS) is 18.9. The van der Waals surface area contributed by atoms with Crippen molar-refractivity contribution in [2.45, 2.75) is 128 Å². The van der Waals surface area contributed by atoms with Gasteiger partial charge in [-0.3, -0.25) is 0 Å². The molecule has 0 spiro atoms. The third-order valence-electron chi connectivity index (χ3n) is 7.24. The third kappa shape index (κ3) is 12.0. The van der Waals surface area contributed by atoms with Crippen LogP contribution in [0.1, 0.15) is 134 Å². The van der Waals surface area contributed by atoms with Gasteiger partial charge >= 0.3 is 0 Å². The summed E-state index contributed by atoms with van der Waals surface area (Å²) in [6.07, 6.45) is 23.9. The molecule has 1 aliphatic carbocycles. The summed E-state index contributed by atoms with van der Waals surface area (Å²) in [6, 6.07) is 9.02. The lowest BCUT2D eigenvalue weighted by molar-refractivity contribution is 0.282. The smallest absolute Gasteiger partial charge is 0.119 e. The van der Waals surface area contributed by atoms with Gasteiger partial charge in [0.25, 0.3) is 0 Å². The number of rotatable bonds is 18. The maximum Gasteiger partial charge on any atom is 0.119 e. The first-order valence-electron chi connectivity index (χ1n) is 13.7. The van der Waals surface area contributed by atoms with Crippen molar-refractivity contribution < 1.29 is 9.84 Å². The summed E-state index contributed by atoms with van der Waals surface area (Å²) in [7, 11) is 0. The Kier molecular flexibility index (Phi) is 14.8. The monoisotopic (exact) mass is 430 g/mol. The highest BCUT2D eigenvalue weighted by Gasteiger charge is 2.22. The predicted molar refractivity (Wildman–Crippen MR) is 134 cm³/mol. The first-order chi connectivity index (χ1) is 15.3. The maximum absolute atomic E-state index is 8.78. The van der Waals surface area contributed by atoms with Crippen LogP contribution in [0.2, 0.25) is 0 Å². The summed E-state index contributed by atoms with van der Waals surface area (Å²) < 4.78 is 5.97. The van der Waals surface area contributed by atoms with Crippen molar-refractivity contribution in [3.63, 3.8) is 0 Å². The number of ether oxygens (including phenoxy) is 1. The standard InChI is InChI=1S/C29H50O2/c1-2-3-4-9-12-15-26-16-18-27(19-17-26)28-20-22-29(23-21-28)31-25-14-11-8-6-5-7-10-13-24-30/h20-23,26-27,30H,2-19,24-25H2,1H3. The zero-order valence-electron chi connectivity index (χ0n) is 20.5. The molecule has 1 aliphatic rings. The van der Waals surface area contributed by atoms with Crippen molar-refractivity contribution in [2.24, 2.45) is 5.92 Å². The summed E-state index contributed by atoms with van der Waals surface area (Å²) >= 11 is 0. The SMILES string of the molecule is CCCCCCCC1CCC(c2ccc(OCCCCCCCCCCO)cc2)CC1. The van der Waals surface area contributed by atoms with Crippen molar-refractivity contribution in [1.82, 2.24) is 0 Å². The van der Waals surface area contributed by atoms with E-state index in [1.807, 2.05) is 0 Å². The Hall–Kier alpha value is -1.02. The van der Waals surface area contributed by atoms with E-state index in [4.69, 9.17) is 9.84 Å². The number of benzene rings is 1. The van der Waals surface area contributed by atoms with E-state index < -0.39 is 0 Å². The number of aliphatic hydroxyl groups is 1. The minimum absolute atomic E-state index is 0.346. The van der Waals surface area contributed by atoms with Crippen LogP contribution in [0.15, 0.2) is 24.3 Å². The van der Waals surface area contributed by atoms with Gasteiger partial charge in [-0.05, 0) is 68.1 Å². The molecular weight excluding hydrogens is 380 g/mol. The van der Waals surface area contributed by atoms with Crippen molar-refractivity contribution in [2.75, 3.05) is 13.2 Å². The van der Waals surface area contributed by atoms with Crippen LogP contribution in [-0.4, -0.2) is 18.3 Å². The summed E-state index contributed by atoms with van der Waals surface area (Å²) in [5, 5.41) is 8.78. The third-order valence-corrected chi connectivity index (χ3v) is 7.24.